The lowest BCUT2D eigenvalue weighted by atomic mass is 9.96. The van der Waals surface area contributed by atoms with Crippen molar-refractivity contribution in [2.45, 2.75) is 31.1 Å². The molecule has 1 fully saturated rings. The molecular weight excluding hydrogens is 362 g/mol. The molecule has 0 atom stereocenters. The third kappa shape index (κ3) is 6.93. The first-order valence-corrected chi connectivity index (χ1v) is 10.0. The molecule has 1 aliphatic heterocycles. The predicted molar refractivity (Wildman–Crippen MR) is 101 cm³/mol. The van der Waals surface area contributed by atoms with Crippen LogP contribution in [0.1, 0.15) is 26.2 Å². The summed E-state index contributed by atoms with van der Waals surface area (Å²) in [6, 6.07) is 8.20. The van der Waals surface area contributed by atoms with Crippen molar-refractivity contribution in [3.05, 3.63) is 30.3 Å². The predicted octanol–water partition coefficient (Wildman–Crippen LogP) is 1.62. The summed E-state index contributed by atoms with van der Waals surface area (Å²) >= 11 is 0. The van der Waals surface area contributed by atoms with Gasteiger partial charge < -0.3 is 10.2 Å². The van der Waals surface area contributed by atoms with Gasteiger partial charge in [-0.05, 0) is 44.0 Å². The van der Waals surface area contributed by atoms with Crippen LogP contribution >= 0.6 is 12.4 Å². The van der Waals surface area contributed by atoms with E-state index in [2.05, 4.69) is 17.0 Å². The molecule has 2 N–H and O–H groups in total. The number of nitrogens with zero attached hydrogens (tertiary/aromatic N) is 1. The number of sulfonamides is 1. The fourth-order valence-corrected chi connectivity index (χ4v) is 3.92. The third-order valence-electron chi connectivity index (χ3n) is 4.33. The molecule has 1 aliphatic rings. The first kappa shape index (κ1) is 21.9. The van der Waals surface area contributed by atoms with E-state index >= 15 is 0 Å². The standard InChI is InChI=1S/C17H27N3O3S.ClH/c1-2-18-14-15-9-12-20(13-10-15)17(21)8-11-19-24(22,23)16-6-4-3-5-7-16;/h3-7,15,18-19H,2,8-14H2,1H3;1H. The van der Waals surface area contributed by atoms with Crippen LogP contribution in [0, 0.1) is 5.92 Å². The van der Waals surface area contributed by atoms with Gasteiger partial charge in [-0.15, -0.1) is 12.4 Å². The summed E-state index contributed by atoms with van der Waals surface area (Å²) in [6.07, 6.45) is 2.22. The molecule has 25 heavy (non-hydrogen) atoms. The van der Waals surface area contributed by atoms with Gasteiger partial charge in [0.1, 0.15) is 0 Å². The van der Waals surface area contributed by atoms with Gasteiger partial charge in [-0.1, -0.05) is 25.1 Å². The lowest BCUT2D eigenvalue weighted by Crippen LogP contribution is -2.41. The van der Waals surface area contributed by atoms with Crippen molar-refractivity contribution in [1.29, 1.82) is 0 Å². The zero-order valence-electron chi connectivity index (χ0n) is 14.6. The summed E-state index contributed by atoms with van der Waals surface area (Å²) in [6.45, 7) is 5.74. The van der Waals surface area contributed by atoms with E-state index in [-0.39, 0.29) is 36.2 Å². The molecule has 0 spiro atoms. The second-order valence-electron chi connectivity index (χ2n) is 6.09. The van der Waals surface area contributed by atoms with E-state index in [0.29, 0.717) is 5.92 Å². The Morgan fingerprint density at radius 2 is 1.84 bits per heavy atom. The van der Waals surface area contributed by atoms with Crippen molar-refractivity contribution in [3.8, 4) is 0 Å². The number of likely N-dealkylation sites (tertiary alicyclic amines) is 1. The molecule has 1 aromatic rings. The van der Waals surface area contributed by atoms with Crippen LogP contribution in [0.3, 0.4) is 0 Å². The van der Waals surface area contributed by atoms with Gasteiger partial charge in [-0.25, -0.2) is 13.1 Å². The van der Waals surface area contributed by atoms with E-state index in [1.807, 2.05) is 4.90 Å². The molecule has 0 radical (unpaired) electrons. The number of halogens is 1. The topological polar surface area (TPSA) is 78.5 Å². The third-order valence-corrected chi connectivity index (χ3v) is 5.81. The van der Waals surface area contributed by atoms with Gasteiger partial charge in [0.15, 0.2) is 0 Å². The molecule has 6 nitrogen and oxygen atoms in total. The zero-order valence-corrected chi connectivity index (χ0v) is 16.2. The first-order chi connectivity index (χ1) is 11.5. The number of piperidine rings is 1. The van der Waals surface area contributed by atoms with Crippen LogP contribution in [0.4, 0.5) is 0 Å². The Bertz CT molecular complexity index is 617. The van der Waals surface area contributed by atoms with Crippen LogP contribution in [0.15, 0.2) is 35.2 Å². The van der Waals surface area contributed by atoms with Crippen LogP contribution in [0.2, 0.25) is 0 Å². The number of benzene rings is 1. The van der Waals surface area contributed by atoms with Crippen molar-refractivity contribution in [3.63, 3.8) is 0 Å². The lowest BCUT2D eigenvalue weighted by molar-refractivity contribution is -0.132. The van der Waals surface area contributed by atoms with Gasteiger partial charge in [0.2, 0.25) is 15.9 Å². The molecular formula is C17H28ClN3O3S. The summed E-state index contributed by atoms with van der Waals surface area (Å²) in [7, 11) is -3.53. The fraction of sp³-hybridized carbons (Fsp3) is 0.588. The van der Waals surface area contributed by atoms with Gasteiger partial charge in [0, 0.05) is 26.1 Å². The summed E-state index contributed by atoms with van der Waals surface area (Å²) in [5.41, 5.74) is 0. The monoisotopic (exact) mass is 389 g/mol. The van der Waals surface area contributed by atoms with Crippen LogP contribution in [0.5, 0.6) is 0 Å². The summed E-state index contributed by atoms with van der Waals surface area (Å²) in [5, 5.41) is 3.35. The molecule has 1 heterocycles. The Hall–Kier alpha value is -1.15. The largest absolute Gasteiger partial charge is 0.343 e. The molecule has 142 valence electrons. The molecule has 0 aromatic heterocycles. The minimum absolute atomic E-state index is 0. The van der Waals surface area contributed by atoms with Gasteiger partial charge in [-0.3, -0.25) is 4.79 Å². The maximum atomic E-state index is 12.2. The van der Waals surface area contributed by atoms with E-state index in [9.17, 15) is 13.2 Å². The van der Waals surface area contributed by atoms with Gasteiger partial charge in [-0.2, -0.15) is 0 Å². The van der Waals surface area contributed by atoms with Crippen LogP contribution in [-0.2, 0) is 14.8 Å². The lowest BCUT2D eigenvalue weighted by Gasteiger charge is -2.32. The van der Waals surface area contributed by atoms with Gasteiger partial charge >= 0.3 is 0 Å². The van der Waals surface area contributed by atoms with Crippen LogP contribution in [-0.4, -0.2) is 51.9 Å². The molecule has 0 bridgehead atoms. The van der Waals surface area contributed by atoms with Crippen LogP contribution in [0.25, 0.3) is 0 Å². The molecule has 0 saturated carbocycles. The average molecular weight is 390 g/mol. The van der Waals surface area contributed by atoms with E-state index in [4.69, 9.17) is 0 Å². The molecule has 0 unspecified atom stereocenters. The molecule has 1 amide bonds. The number of carbonyl (C=O) groups excluding carboxylic acids is 1. The number of amides is 1. The zero-order chi connectivity index (χ0) is 17.4. The summed E-state index contributed by atoms with van der Waals surface area (Å²) in [4.78, 5) is 14.3. The molecule has 8 heteroatoms. The van der Waals surface area contributed by atoms with Crippen LogP contribution < -0.4 is 10.0 Å². The van der Waals surface area contributed by atoms with E-state index < -0.39 is 10.0 Å². The van der Waals surface area contributed by atoms with E-state index in [0.717, 1.165) is 39.0 Å². The molecule has 0 aliphatic carbocycles. The van der Waals surface area contributed by atoms with Crippen molar-refractivity contribution in [2.75, 3.05) is 32.7 Å². The molecule has 1 saturated heterocycles. The van der Waals surface area contributed by atoms with Crippen molar-refractivity contribution in [1.82, 2.24) is 14.9 Å². The Morgan fingerprint density at radius 1 is 1.20 bits per heavy atom. The summed E-state index contributed by atoms with van der Waals surface area (Å²) in [5.74, 6) is 0.651. The number of carbonyl (C=O) groups is 1. The number of hydrogen-bond acceptors (Lipinski definition) is 4. The highest BCUT2D eigenvalue weighted by molar-refractivity contribution is 7.89. The highest BCUT2D eigenvalue weighted by atomic mass is 35.5. The van der Waals surface area contributed by atoms with Crippen molar-refractivity contribution in [2.24, 2.45) is 5.92 Å². The SMILES string of the molecule is CCNCC1CCN(C(=O)CCNS(=O)(=O)c2ccccc2)CC1.Cl. The Balaban J connectivity index is 0.00000312. The van der Waals surface area contributed by atoms with E-state index in [1.54, 1.807) is 30.3 Å². The smallest absolute Gasteiger partial charge is 0.240 e. The van der Waals surface area contributed by atoms with E-state index in [1.165, 1.54) is 0 Å². The maximum absolute atomic E-state index is 12.2. The Morgan fingerprint density at radius 3 is 2.44 bits per heavy atom. The highest BCUT2D eigenvalue weighted by Crippen LogP contribution is 2.17. The quantitative estimate of drug-likeness (QED) is 0.708. The number of nitrogens with one attached hydrogen (secondary N) is 2. The summed E-state index contributed by atoms with van der Waals surface area (Å²) < 4.78 is 26.7. The normalized spacial score (nSPS) is 15.6. The maximum Gasteiger partial charge on any atom is 0.240 e. The average Bonchev–Trinajstić information content (AvgIpc) is 2.61. The number of rotatable bonds is 8. The Kier molecular flexibility index (Phi) is 9.42. The van der Waals surface area contributed by atoms with Crippen molar-refractivity contribution >= 4 is 28.3 Å². The number of hydrogen-bond donors (Lipinski definition) is 2. The second kappa shape index (κ2) is 10.8. The minimum atomic E-state index is -3.53. The van der Waals surface area contributed by atoms with Gasteiger partial charge in [0.25, 0.3) is 0 Å². The second-order valence-corrected chi connectivity index (χ2v) is 7.86. The first-order valence-electron chi connectivity index (χ1n) is 8.56. The minimum Gasteiger partial charge on any atom is -0.343 e. The van der Waals surface area contributed by atoms with Crippen molar-refractivity contribution < 1.29 is 13.2 Å². The molecule has 2 rings (SSSR count). The highest BCUT2D eigenvalue weighted by Gasteiger charge is 2.22. The Labute approximate surface area is 156 Å². The van der Waals surface area contributed by atoms with Gasteiger partial charge in [0.05, 0.1) is 4.90 Å². The molecule has 1 aromatic carbocycles. The fourth-order valence-electron chi connectivity index (χ4n) is 2.87.